The van der Waals surface area contributed by atoms with Gasteiger partial charge in [0.25, 0.3) is 0 Å². The summed E-state index contributed by atoms with van der Waals surface area (Å²) in [6.07, 6.45) is 0.896. The van der Waals surface area contributed by atoms with Gasteiger partial charge in [0.1, 0.15) is 0 Å². The maximum atomic E-state index is 4.94. The van der Waals surface area contributed by atoms with E-state index in [0.717, 1.165) is 23.0 Å². The average molecular weight is 333 g/mol. The first-order valence-corrected chi connectivity index (χ1v) is 9.00. The van der Waals surface area contributed by atoms with E-state index in [9.17, 15) is 0 Å². The van der Waals surface area contributed by atoms with E-state index in [1.807, 2.05) is 13.0 Å². The summed E-state index contributed by atoms with van der Waals surface area (Å²) < 4.78 is 0. The number of aryl methyl sites for hydroxylation is 2. The van der Waals surface area contributed by atoms with Crippen molar-refractivity contribution in [3.8, 4) is 0 Å². The van der Waals surface area contributed by atoms with E-state index in [-0.39, 0.29) is 6.04 Å². The Morgan fingerprint density at radius 3 is 2.46 bits per heavy atom. The zero-order valence-electron chi connectivity index (χ0n) is 13.8. The van der Waals surface area contributed by atoms with Crippen molar-refractivity contribution in [1.29, 1.82) is 0 Å². The standard InChI is InChI=1S/C20H19N3S/c1-14-8-6-7-11-17(14)19-12-18(16-9-4-3-5-10-16)22-23(19)20-21-15(2)13-24-20/h3-11,13,19H,12H2,1-2H3/t19-/m0/s1. The Bertz CT molecular complexity index is 883. The largest absolute Gasteiger partial charge is 0.231 e. The summed E-state index contributed by atoms with van der Waals surface area (Å²) in [5.41, 5.74) is 5.97. The summed E-state index contributed by atoms with van der Waals surface area (Å²) >= 11 is 1.66. The molecule has 120 valence electrons. The quantitative estimate of drug-likeness (QED) is 0.666. The van der Waals surface area contributed by atoms with Gasteiger partial charge in [0.15, 0.2) is 0 Å². The molecule has 0 saturated heterocycles. The molecule has 0 spiro atoms. The van der Waals surface area contributed by atoms with Crippen LogP contribution in [0.5, 0.6) is 0 Å². The fourth-order valence-corrected chi connectivity index (χ4v) is 3.94. The topological polar surface area (TPSA) is 28.5 Å². The third-order valence-electron chi connectivity index (χ3n) is 4.37. The third kappa shape index (κ3) is 2.74. The van der Waals surface area contributed by atoms with Gasteiger partial charge in [-0.25, -0.2) is 9.99 Å². The van der Waals surface area contributed by atoms with Crippen LogP contribution in [-0.2, 0) is 0 Å². The number of nitrogens with zero attached hydrogens (tertiary/aromatic N) is 3. The second kappa shape index (κ2) is 6.21. The summed E-state index contributed by atoms with van der Waals surface area (Å²) in [5, 5.41) is 10.1. The molecule has 1 aromatic heterocycles. The van der Waals surface area contributed by atoms with E-state index < -0.39 is 0 Å². The SMILES string of the molecule is Cc1csc(N2N=C(c3ccccc3)C[C@H]2c2ccccc2C)n1. The molecule has 24 heavy (non-hydrogen) atoms. The smallest absolute Gasteiger partial charge is 0.206 e. The minimum Gasteiger partial charge on any atom is -0.231 e. The van der Waals surface area contributed by atoms with Crippen molar-refractivity contribution in [2.24, 2.45) is 5.10 Å². The number of hydrogen-bond acceptors (Lipinski definition) is 4. The van der Waals surface area contributed by atoms with Gasteiger partial charge in [-0.05, 0) is 30.5 Å². The molecule has 0 bridgehead atoms. The van der Waals surface area contributed by atoms with E-state index in [2.05, 4.69) is 70.8 Å². The Morgan fingerprint density at radius 2 is 1.75 bits per heavy atom. The molecule has 1 aliphatic rings. The zero-order chi connectivity index (χ0) is 16.5. The van der Waals surface area contributed by atoms with Gasteiger partial charge >= 0.3 is 0 Å². The summed E-state index contributed by atoms with van der Waals surface area (Å²) in [6.45, 7) is 4.20. The zero-order valence-corrected chi connectivity index (χ0v) is 14.6. The molecule has 0 N–H and O–H groups in total. The first-order chi connectivity index (χ1) is 11.7. The van der Waals surface area contributed by atoms with Crippen LogP contribution in [0.1, 0.15) is 34.8 Å². The molecule has 2 heterocycles. The van der Waals surface area contributed by atoms with Gasteiger partial charge in [0.05, 0.1) is 17.4 Å². The normalized spacial score (nSPS) is 17.2. The Kier molecular flexibility index (Phi) is 3.90. The molecule has 3 nitrogen and oxygen atoms in total. The van der Waals surface area contributed by atoms with Crippen molar-refractivity contribution in [2.45, 2.75) is 26.3 Å². The van der Waals surface area contributed by atoms with Gasteiger partial charge in [-0.2, -0.15) is 5.10 Å². The Labute approximate surface area is 146 Å². The van der Waals surface area contributed by atoms with Gasteiger partial charge in [-0.1, -0.05) is 54.6 Å². The molecule has 0 amide bonds. The highest BCUT2D eigenvalue weighted by Gasteiger charge is 2.32. The van der Waals surface area contributed by atoms with Crippen LogP contribution in [0.15, 0.2) is 65.1 Å². The predicted octanol–water partition coefficient (Wildman–Crippen LogP) is 5.12. The molecule has 0 unspecified atom stereocenters. The second-order valence-electron chi connectivity index (χ2n) is 6.11. The molecule has 0 saturated carbocycles. The summed E-state index contributed by atoms with van der Waals surface area (Å²) in [5.74, 6) is 0. The molecule has 1 aliphatic heterocycles. The van der Waals surface area contributed by atoms with Gasteiger partial charge in [-0.15, -0.1) is 11.3 Å². The van der Waals surface area contributed by atoms with Gasteiger partial charge < -0.3 is 0 Å². The first kappa shape index (κ1) is 15.1. The number of aromatic nitrogens is 1. The molecule has 4 rings (SSSR count). The lowest BCUT2D eigenvalue weighted by molar-refractivity contribution is 0.701. The van der Waals surface area contributed by atoms with Crippen molar-refractivity contribution in [1.82, 2.24) is 4.98 Å². The number of benzene rings is 2. The number of rotatable bonds is 3. The van der Waals surface area contributed by atoms with E-state index in [1.54, 1.807) is 11.3 Å². The highest BCUT2D eigenvalue weighted by atomic mass is 32.1. The molecule has 2 aromatic carbocycles. The lowest BCUT2D eigenvalue weighted by Crippen LogP contribution is -2.19. The number of thiazole rings is 1. The third-order valence-corrected chi connectivity index (χ3v) is 5.32. The van der Waals surface area contributed by atoms with Crippen LogP contribution >= 0.6 is 11.3 Å². The maximum absolute atomic E-state index is 4.94. The highest BCUT2D eigenvalue weighted by Crippen LogP contribution is 2.38. The Morgan fingerprint density at radius 1 is 1.00 bits per heavy atom. The lowest BCUT2D eigenvalue weighted by Gasteiger charge is -2.22. The number of hydrazone groups is 1. The summed E-state index contributed by atoms with van der Waals surface area (Å²) in [7, 11) is 0. The molecule has 0 aliphatic carbocycles. The van der Waals surface area contributed by atoms with Crippen LogP contribution in [0.25, 0.3) is 0 Å². The minimum absolute atomic E-state index is 0.201. The second-order valence-corrected chi connectivity index (χ2v) is 6.94. The molecule has 1 atom stereocenters. The molecule has 4 heteroatoms. The van der Waals surface area contributed by atoms with Crippen LogP contribution in [0.4, 0.5) is 5.13 Å². The molecule has 0 radical (unpaired) electrons. The molecular formula is C20H19N3S. The van der Waals surface area contributed by atoms with E-state index in [0.29, 0.717) is 0 Å². The fraction of sp³-hybridized carbons (Fsp3) is 0.200. The molecular weight excluding hydrogens is 314 g/mol. The molecule has 3 aromatic rings. The van der Waals surface area contributed by atoms with Crippen LogP contribution in [0.3, 0.4) is 0 Å². The summed E-state index contributed by atoms with van der Waals surface area (Å²) in [6, 6.07) is 19.2. The number of hydrogen-bond donors (Lipinski definition) is 0. The van der Waals surface area contributed by atoms with E-state index in [4.69, 9.17) is 5.10 Å². The summed E-state index contributed by atoms with van der Waals surface area (Å²) in [4.78, 5) is 4.66. The maximum Gasteiger partial charge on any atom is 0.206 e. The van der Waals surface area contributed by atoms with E-state index >= 15 is 0 Å². The van der Waals surface area contributed by atoms with Gasteiger partial charge in [0.2, 0.25) is 5.13 Å². The van der Waals surface area contributed by atoms with Crippen molar-refractivity contribution < 1.29 is 0 Å². The van der Waals surface area contributed by atoms with Crippen molar-refractivity contribution >= 4 is 22.2 Å². The average Bonchev–Trinajstić information content (AvgIpc) is 3.22. The van der Waals surface area contributed by atoms with Crippen LogP contribution < -0.4 is 5.01 Å². The van der Waals surface area contributed by atoms with Crippen molar-refractivity contribution in [3.05, 3.63) is 82.4 Å². The first-order valence-electron chi connectivity index (χ1n) is 8.12. The fourth-order valence-electron chi connectivity index (χ4n) is 3.14. The lowest BCUT2D eigenvalue weighted by atomic mass is 9.95. The Balaban J connectivity index is 1.77. The van der Waals surface area contributed by atoms with Gasteiger partial charge in [-0.3, -0.25) is 0 Å². The van der Waals surface area contributed by atoms with Crippen LogP contribution in [-0.4, -0.2) is 10.7 Å². The minimum atomic E-state index is 0.201. The Hall–Kier alpha value is -2.46. The highest BCUT2D eigenvalue weighted by molar-refractivity contribution is 7.13. The monoisotopic (exact) mass is 333 g/mol. The van der Waals surface area contributed by atoms with Crippen LogP contribution in [0, 0.1) is 13.8 Å². The van der Waals surface area contributed by atoms with Crippen molar-refractivity contribution in [3.63, 3.8) is 0 Å². The van der Waals surface area contributed by atoms with E-state index in [1.165, 1.54) is 16.7 Å². The number of anilines is 1. The van der Waals surface area contributed by atoms with Gasteiger partial charge in [0, 0.05) is 11.8 Å². The van der Waals surface area contributed by atoms with Crippen LogP contribution in [0.2, 0.25) is 0 Å². The predicted molar refractivity (Wildman–Crippen MR) is 101 cm³/mol. The molecule has 0 fully saturated rings. The van der Waals surface area contributed by atoms with Crippen molar-refractivity contribution in [2.75, 3.05) is 5.01 Å².